The van der Waals surface area contributed by atoms with Crippen molar-refractivity contribution in [3.63, 3.8) is 0 Å². The summed E-state index contributed by atoms with van der Waals surface area (Å²) in [6.45, 7) is 6.66. The standard InChI is InChI=1S/C14H20N2O3/c1-14(2,3)9-15-13(18)16-11-7-5-6-10(8-11)12(17)19-4/h5-8H,9H2,1-4H3,(H2,15,16,18). The normalized spacial score (nSPS) is 10.7. The van der Waals surface area contributed by atoms with E-state index in [4.69, 9.17) is 0 Å². The van der Waals surface area contributed by atoms with Crippen molar-refractivity contribution in [2.45, 2.75) is 20.8 Å². The first kappa shape index (κ1) is 15.0. The fourth-order valence-corrected chi connectivity index (χ4v) is 1.36. The van der Waals surface area contributed by atoms with Gasteiger partial charge < -0.3 is 15.4 Å². The van der Waals surface area contributed by atoms with Crippen LogP contribution in [0.3, 0.4) is 0 Å². The van der Waals surface area contributed by atoms with Gasteiger partial charge in [-0.25, -0.2) is 9.59 Å². The number of anilines is 1. The van der Waals surface area contributed by atoms with Gasteiger partial charge >= 0.3 is 12.0 Å². The number of urea groups is 1. The Balaban J connectivity index is 2.62. The maximum Gasteiger partial charge on any atom is 0.337 e. The topological polar surface area (TPSA) is 67.4 Å². The van der Waals surface area contributed by atoms with Crippen LogP contribution in [0.1, 0.15) is 31.1 Å². The van der Waals surface area contributed by atoms with Crippen molar-refractivity contribution in [2.24, 2.45) is 5.41 Å². The summed E-state index contributed by atoms with van der Waals surface area (Å²) in [5, 5.41) is 5.44. The molecule has 0 saturated carbocycles. The number of amides is 2. The molecule has 0 fully saturated rings. The highest BCUT2D eigenvalue weighted by Crippen LogP contribution is 2.13. The van der Waals surface area contributed by atoms with E-state index in [2.05, 4.69) is 15.4 Å². The molecule has 0 atom stereocenters. The zero-order valence-corrected chi connectivity index (χ0v) is 11.7. The van der Waals surface area contributed by atoms with Gasteiger partial charge in [0.1, 0.15) is 0 Å². The van der Waals surface area contributed by atoms with Crippen molar-refractivity contribution in [3.05, 3.63) is 29.8 Å². The van der Waals surface area contributed by atoms with Gasteiger partial charge in [0, 0.05) is 12.2 Å². The van der Waals surface area contributed by atoms with E-state index < -0.39 is 5.97 Å². The van der Waals surface area contributed by atoms with Crippen LogP contribution in [0.5, 0.6) is 0 Å². The molecular weight excluding hydrogens is 244 g/mol. The zero-order chi connectivity index (χ0) is 14.5. The van der Waals surface area contributed by atoms with Gasteiger partial charge in [-0.2, -0.15) is 0 Å². The Morgan fingerprint density at radius 1 is 1.26 bits per heavy atom. The molecule has 0 aliphatic rings. The molecule has 0 aromatic heterocycles. The summed E-state index contributed by atoms with van der Waals surface area (Å²) < 4.78 is 4.62. The van der Waals surface area contributed by atoms with Crippen LogP contribution in [-0.4, -0.2) is 25.7 Å². The number of rotatable bonds is 3. The summed E-state index contributed by atoms with van der Waals surface area (Å²) in [5.41, 5.74) is 0.969. The summed E-state index contributed by atoms with van der Waals surface area (Å²) in [7, 11) is 1.32. The van der Waals surface area contributed by atoms with Crippen molar-refractivity contribution in [3.8, 4) is 0 Å². The van der Waals surface area contributed by atoms with Gasteiger partial charge in [0.25, 0.3) is 0 Å². The van der Waals surface area contributed by atoms with Gasteiger partial charge in [0.2, 0.25) is 0 Å². The second-order valence-corrected chi connectivity index (χ2v) is 5.44. The number of benzene rings is 1. The SMILES string of the molecule is COC(=O)c1cccc(NC(=O)NCC(C)(C)C)c1. The van der Waals surface area contributed by atoms with E-state index in [1.54, 1.807) is 24.3 Å². The minimum Gasteiger partial charge on any atom is -0.465 e. The van der Waals surface area contributed by atoms with E-state index in [-0.39, 0.29) is 11.4 Å². The molecule has 5 heteroatoms. The molecule has 0 aliphatic heterocycles. The Kier molecular flexibility index (Phi) is 4.92. The molecule has 2 amide bonds. The summed E-state index contributed by atoms with van der Waals surface area (Å²) in [4.78, 5) is 23.0. The largest absolute Gasteiger partial charge is 0.465 e. The summed E-state index contributed by atoms with van der Waals surface area (Å²) in [5.74, 6) is -0.432. The first-order valence-corrected chi connectivity index (χ1v) is 6.05. The lowest BCUT2D eigenvalue weighted by molar-refractivity contribution is 0.0600. The van der Waals surface area contributed by atoms with Crippen LogP contribution in [0.4, 0.5) is 10.5 Å². The van der Waals surface area contributed by atoms with Crippen LogP contribution < -0.4 is 10.6 Å². The number of hydrogen-bond acceptors (Lipinski definition) is 3. The van der Waals surface area contributed by atoms with Gasteiger partial charge in [0.05, 0.1) is 12.7 Å². The Hall–Kier alpha value is -2.04. The van der Waals surface area contributed by atoms with E-state index >= 15 is 0 Å². The monoisotopic (exact) mass is 264 g/mol. The van der Waals surface area contributed by atoms with E-state index in [1.807, 2.05) is 20.8 Å². The van der Waals surface area contributed by atoms with Crippen molar-refractivity contribution >= 4 is 17.7 Å². The van der Waals surface area contributed by atoms with Gasteiger partial charge in [-0.3, -0.25) is 0 Å². The lowest BCUT2D eigenvalue weighted by Gasteiger charge is -2.19. The van der Waals surface area contributed by atoms with Crippen LogP contribution in [0.25, 0.3) is 0 Å². The summed E-state index contributed by atoms with van der Waals surface area (Å²) >= 11 is 0. The number of carbonyl (C=O) groups is 2. The average molecular weight is 264 g/mol. The average Bonchev–Trinajstić information content (AvgIpc) is 2.35. The molecule has 0 bridgehead atoms. The van der Waals surface area contributed by atoms with Crippen LogP contribution in [0, 0.1) is 5.41 Å². The second-order valence-electron chi connectivity index (χ2n) is 5.44. The second kappa shape index (κ2) is 6.22. The molecule has 0 saturated heterocycles. The molecule has 1 aromatic carbocycles. The van der Waals surface area contributed by atoms with Crippen molar-refractivity contribution in [2.75, 3.05) is 19.0 Å². The molecular formula is C14H20N2O3. The Morgan fingerprint density at radius 2 is 1.95 bits per heavy atom. The van der Waals surface area contributed by atoms with Crippen LogP contribution >= 0.6 is 0 Å². The number of hydrogen-bond donors (Lipinski definition) is 2. The predicted molar refractivity (Wildman–Crippen MR) is 74.3 cm³/mol. The quantitative estimate of drug-likeness (QED) is 0.825. The van der Waals surface area contributed by atoms with E-state index in [0.717, 1.165) is 0 Å². The molecule has 0 aliphatic carbocycles. The van der Waals surface area contributed by atoms with Crippen LogP contribution in [0.15, 0.2) is 24.3 Å². The molecule has 0 radical (unpaired) electrons. The molecule has 1 rings (SSSR count). The van der Waals surface area contributed by atoms with Crippen molar-refractivity contribution in [1.29, 1.82) is 0 Å². The highest BCUT2D eigenvalue weighted by Gasteiger charge is 2.12. The van der Waals surface area contributed by atoms with E-state index in [9.17, 15) is 9.59 Å². The molecule has 0 spiro atoms. The lowest BCUT2D eigenvalue weighted by atomic mass is 9.97. The van der Waals surface area contributed by atoms with Gasteiger partial charge in [-0.05, 0) is 23.6 Å². The number of esters is 1. The fourth-order valence-electron chi connectivity index (χ4n) is 1.36. The highest BCUT2D eigenvalue weighted by atomic mass is 16.5. The Morgan fingerprint density at radius 3 is 2.53 bits per heavy atom. The van der Waals surface area contributed by atoms with E-state index in [0.29, 0.717) is 17.8 Å². The molecule has 19 heavy (non-hydrogen) atoms. The Labute approximate surface area is 113 Å². The number of nitrogens with one attached hydrogen (secondary N) is 2. The maximum absolute atomic E-state index is 11.7. The third-order valence-corrected chi connectivity index (χ3v) is 2.32. The van der Waals surface area contributed by atoms with Crippen molar-refractivity contribution in [1.82, 2.24) is 5.32 Å². The van der Waals surface area contributed by atoms with Crippen LogP contribution in [-0.2, 0) is 4.74 Å². The number of methoxy groups -OCH3 is 1. The van der Waals surface area contributed by atoms with Gasteiger partial charge in [-0.15, -0.1) is 0 Å². The molecule has 0 unspecified atom stereocenters. The van der Waals surface area contributed by atoms with Crippen molar-refractivity contribution < 1.29 is 14.3 Å². The van der Waals surface area contributed by atoms with Gasteiger partial charge in [-0.1, -0.05) is 26.8 Å². The lowest BCUT2D eigenvalue weighted by Crippen LogP contribution is -2.35. The first-order chi connectivity index (χ1) is 8.81. The number of ether oxygens (including phenoxy) is 1. The molecule has 0 heterocycles. The van der Waals surface area contributed by atoms with Gasteiger partial charge in [0.15, 0.2) is 0 Å². The molecule has 5 nitrogen and oxygen atoms in total. The molecule has 104 valence electrons. The van der Waals surface area contributed by atoms with Crippen LogP contribution in [0.2, 0.25) is 0 Å². The summed E-state index contributed by atoms with van der Waals surface area (Å²) in [6, 6.07) is 6.30. The first-order valence-electron chi connectivity index (χ1n) is 6.05. The van der Waals surface area contributed by atoms with E-state index in [1.165, 1.54) is 7.11 Å². The third kappa shape index (κ3) is 5.42. The third-order valence-electron chi connectivity index (χ3n) is 2.32. The fraction of sp³-hybridized carbons (Fsp3) is 0.429. The number of carbonyl (C=O) groups excluding carboxylic acids is 2. The predicted octanol–water partition coefficient (Wildman–Crippen LogP) is 2.64. The maximum atomic E-state index is 11.7. The molecule has 2 N–H and O–H groups in total. The molecule has 1 aromatic rings. The Bertz CT molecular complexity index is 464. The summed E-state index contributed by atoms with van der Waals surface area (Å²) in [6.07, 6.45) is 0. The zero-order valence-electron chi connectivity index (χ0n) is 11.7. The highest BCUT2D eigenvalue weighted by molar-refractivity contribution is 5.93. The smallest absolute Gasteiger partial charge is 0.337 e. The minimum atomic E-state index is -0.432. The minimum absolute atomic E-state index is 0.0191.